The summed E-state index contributed by atoms with van der Waals surface area (Å²) in [6.45, 7) is 4.69. The fourth-order valence-electron chi connectivity index (χ4n) is 6.10. The molecule has 0 aliphatic heterocycles. The van der Waals surface area contributed by atoms with Crippen LogP contribution in [0.4, 0.5) is 0 Å². The smallest absolute Gasteiger partial charge is 0.361 e. The number of hydrogen-bond acceptors (Lipinski definition) is 7. The summed E-state index contributed by atoms with van der Waals surface area (Å²) in [7, 11) is 5.95. The van der Waals surface area contributed by atoms with E-state index in [4.69, 9.17) is 18.9 Å². The Morgan fingerprint density at radius 1 is 0.525 bits per heavy atom. The minimum absolute atomic E-state index is 0.183. The summed E-state index contributed by atoms with van der Waals surface area (Å²) in [6.07, 6.45) is 47.1. The first-order chi connectivity index (χ1) is 28.6. The van der Waals surface area contributed by atoms with Gasteiger partial charge in [-0.15, -0.1) is 0 Å². The predicted octanol–water partition coefficient (Wildman–Crippen LogP) is 12.6. The number of rotatable bonds is 42. The van der Waals surface area contributed by atoms with Crippen LogP contribution in [-0.4, -0.2) is 87.4 Å². The average Bonchev–Trinajstić information content (AvgIpc) is 3.19. The molecule has 0 radical (unpaired) electrons. The van der Waals surface area contributed by atoms with Crippen molar-refractivity contribution in [3.05, 3.63) is 60.8 Å². The minimum Gasteiger partial charge on any atom is -0.477 e. The number of quaternary nitrogens is 1. The van der Waals surface area contributed by atoms with E-state index in [0.717, 1.165) is 96.3 Å². The van der Waals surface area contributed by atoms with Crippen LogP contribution in [0.1, 0.15) is 181 Å². The van der Waals surface area contributed by atoms with Crippen molar-refractivity contribution in [1.29, 1.82) is 0 Å². The molecule has 0 rings (SSSR count). The molecule has 0 heterocycles. The van der Waals surface area contributed by atoms with Gasteiger partial charge >= 0.3 is 17.9 Å². The molecule has 59 heavy (non-hydrogen) atoms. The molecule has 0 spiro atoms. The lowest BCUT2D eigenvalue weighted by Gasteiger charge is -2.25. The molecular weight excluding hydrogens is 743 g/mol. The number of unbranched alkanes of at least 4 members (excludes halogenated alkanes) is 17. The molecule has 0 aromatic heterocycles. The molecule has 0 aliphatic rings. The fourth-order valence-corrected chi connectivity index (χ4v) is 6.10. The van der Waals surface area contributed by atoms with Gasteiger partial charge in [0.25, 0.3) is 6.29 Å². The summed E-state index contributed by atoms with van der Waals surface area (Å²) in [4.78, 5) is 37.1. The topological polar surface area (TPSA) is 108 Å². The maximum absolute atomic E-state index is 12.8. The first-order valence-electron chi connectivity index (χ1n) is 23.5. The SMILES string of the molecule is CC/C=C\C/C=C\C/C=C\C/C=C\CCCCCCCCCCCCC(=O)OC(COC(=O)CCCCCCC/C=C\CCCC)COC(OCC[N+](C)(C)C)C(=O)O. The number of ether oxygens (including phenoxy) is 4. The van der Waals surface area contributed by atoms with E-state index in [0.29, 0.717) is 17.4 Å². The third kappa shape index (κ3) is 42.9. The standard InChI is InChI=1S/C50H87NO8/c1-6-8-10-12-14-16-18-19-20-21-22-23-24-25-26-27-28-29-31-33-35-37-39-41-48(53)59-46(45-58-50(49(54)55)56-43-42-51(3,4)5)44-57-47(52)40-38-36-34-32-30-17-15-13-11-9-7-2/h8,10,13-16,19-20,22-23,46,50H,6-7,9,11-12,17-18,21,24-45H2,1-5H3/p+1/b10-8-,15-13-,16-14-,20-19-,23-22-. The largest absolute Gasteiger partial charge is 0.477 e. The number of likely N-dealkylation sites (N-methyl/N-ethyl adjacent to an activating group) is 1. The van der Waals surface area contributed by atoms with E-state index in [2.05, 4.69) is 74.6 Å². The van der Waals surface area contributed by atoms with Crippen molar-refractivity contribution in [1.82, 2.24) is 0 Å². The second-order valence-electron chi connectivity index (χ2n) is 16.7. The first kappa shape index (κ1) is 56.0. The normalized spacial score (nSPS) is 13.4. The quantitative estimate of drug-likeness (QED) is 0.0213. The van der Waals surface area contributed by atoms with Gasteiger partial charge in [0.05, 0.1) is 34.4 Å². The molecule has 0 saturated heterocycles. The van der Waals surface area contributed by atoms with Crippen LogP contribution in [0, 0.1) is 0 Å². The number of aliphatic carboxylic acids is 1. The lowest BCUT2D eigenvalue weighted by Crippen LogP contribution is -2.40. The lowest BCUT2D eigenvalue weighted by atomic mass is 10.0. The maximum atomic E-state index is 12.8. The third-order valence-corrected chi connectivity index (χ3v) is 9.76. The second kappa shape index (κ2) is 41.7. The fraction of sp³-hybridized carbons (Fsp3) is 0.740. The number of carboxylic acid groups (broad SMARTS) is 1. The maximum Gasteiger partial charge on any atom is 0.361 e. The van der Waals surface area contributed by atoms with Gasteiger partial charge in [-0.3, -0.25) is 9.59 Å². The Kier molecular flexibility index (Phi) is 39.6. The van der Waals surface area contributed by atoms with Crippen molar-refractivity contribution in [2.75, 3.05) is 47.5 Å². The van der Waals surface area contributed by atoms with Crippen LogP contribution < -0.4 is 0 Å². The predicted molar refractivity (Wildman–Crippen MR) is 244 cm³/mol. The van der Waals surface area contributed by atoms with Gasteiger partial charge < -0.3 is 28.5 Å². The summed E-state index contributed by atoms with van der Waals surface area (Å²) in [5.74, 6) is -2.03. The Bertz CT molecular complexity index is 1150. The number of hydrogen-bond donors (Lipinski definition) is 1. The van der Waals surface area contributed by atoms with E-state index < -0.39 is 24.3 Å². The molecule has 9 nitrogen and oxygen atoms in total. The highest BCUT2D eigenvalue weighted by molar-refractivity contribution is 5.71. The lowest BCUT2D eigenvalue weighted by molar-refractivity contribution is -0.870. The Labute approximate surface area is 361 Å². The summed E-state index contributed by atoms with van der Waals surface area (Å²) in [6, 6.07) is 0. The summed E-state index contributed by atoms with van der Waals surface area (Å²) in [5.41, 5.74) is 0. The molecule has 0 saturated carbocycles. The third-order valence-electron chi connectivity index (χ3n) is 9.76. The average molecular weight is 831 g/mol. The summed E-state index contributed by atoms with van der Waals surface area (Å²) < 4.78 is 22.7. The molecule has 0 aromatic carbocycles. The molecule has 9 heteroatoms. The molecule has 0 aliphatic carbocycles. The van der Waals surface area contributed by atoms with E-state index in [1.54, 1.807) is 0 Å². The van der Waals surface area contributed by atoms with Gasteiger partial charge in [0.15, 0.2) is 6.10 Å². The van der Waals surface area contributed by atoms with Crippen molar-refractivity contribution in [2.24, 2.45) is 0 Å². The van der Waals surface area contributed by atoms with Gasteiger partial charge in [-0.25, -0.2) is 4.79 Å². The summed E-state index contributed by atoms with van der Waals surface area (Å²) in [5, 5.41) is 9.63. The van der Waals surface area contributed by atoms with Crippen LogP contribution >= 0.6 is 0 Å². The first-order valence-corrected chi connectivity index (χ1v) is 23.5. The zero-order valence-electron chi connectivity index (χ0n) is 38.4. The van der Waals surface area contributed by atoms with Crippen LogP contribution in [0.3, 0.4) is 0 Å². The molecule has 0 bridgehead atoms. The molecule has 0 amide bonds. The second-order valence-corrected chi connectivity index (χ2v) is 16.7. The number of carbonyl (C=O) groups is 3. The highest BCUT2D eigenvalue weighted by Gasteiger charge is 2.25. The van der Waals surface area contributed by atoms with Crippen molar-refractivity contribution in [3.63, 3.8) is 0 Å². The van der Waals surface area contributed by atoms with Crippen LogP contribution in [0.25, 0.3) is 0 Å². The van der Waals surface area contributed by atoms with Crippen molar-refractivity contribution >= 4 is 17.9 Å². The number of nitrogens with zero attached hydrogens (tertiary/aromatic N) is 1. The zero-order valence-corrected chi connectivity index (χ0v) is 38.4. The van der Waals surface area contributed by atoms with Gasteiger partial charge in [0.2, 0.25) is 0 Å². The van der Waals surface area contributed by atoms with E-state index >= 15 is 0 Å². The van der Waals surface area contributed by atoms with Gasteiger partial charge in [0.1, 0.15) is 13.2 Å². The number of carbonyl (C=O) groups excluding carboxylic acids is 2. The Morgan fingerprint density at radius 3 is 1.46 bits per heavy atom. The van der Waals surface area contributed by atoms with E-state index in [9.17, 15) is 19.5 Å². The molecular formula is C50H88NO8+. The minimum atomic E-state index is -1.51. The Hall–Kier alpha value is -3.01. The Morgan fingerprint density at radius 2 is 0.966 bits per heavy atom. The van der Waals surface area contributed by atoms with Gasteiger partial charge in [0, 0.05) is 12.8 Å². The van der Waals surface area contributed by atoms with Crippen LogP contribution in [-0.2, 0) is 33.3 Å². The van der Waals surface area contributed by atoms with E-state index in [-0.39, 0.29) is 38.6 Å². The van der Waals surface area contributed by atoms with Gasteiger partial charge in [-0.1, -0.05) is 158 Å². The van der Waals surface area contributed by atoms with Gasteiger partial charge in [-0.2, -0.15) is 0 Å². The van der Waals surface area contributed by atoms with Crippen molar-refractivity contribution in [3.8, 4) is 0 Å². The summed E-state index contributed by atoms with van der Waals surface area (Å²) >= 11 is 0. The van der Waals surface area contributed by atoms with Crippen molar-refractivity contribution < 1.29 is 42.9 Å². The van der Waals surface area contributed by atoms with Gasteiger partial charge in [-0.05, 0) is 70.6 Å². The molecule has 0 aromatic rings. The number of carboxylic acids is 1. The van der Waals surface area contributed by atoms with Crippen LogP contribution in [0.15, 0.2) is 60.8 Å². The van der Waals surface area contributed by atoms with Crippen molar-refractivity contribution in [2.45, 2.75) is 193 Å². The highest BCUT2D eigenvalue weighted by Crippen LogP contribution is 2.14. The molecule has 2 unspecified atom stereocenters. The van der Waals surface area contributed by atoms with E-state index in [1.165, 1.54) is 51.4 Å². The highest BCUT2D eigenvalue weighted by atomic mass is 16.7. The zero-order chi connectivity index (χ0) is 43.5. The Balaban J connectivity index is 4.34. The molecule has 1 N–H and O–H groups in total. The van der Waals surface area contributed by atoms with Crippen LogP contribution in [0.5, 0.6) is 0 Å². The molecule has 0 fully saturated rings. The monoisotopic (exact) mass is 831 g/mol. The molecule has 2 atom stereocenters. The number of esters is 2. The van der Waals surface area contributed by atoms with E-state index in [1.807, 2.05) is 21.1 Å². The molecule has 340 valence electrons. The van der Waals surface area contributed by atoms with Crippen LogP contribution in [0.2, 0.25) is 0 Å². The number of allylic oxidation sites excluding steroid dienone is 10.